The van der Waals surface area contributed by atoms with Gasteiger partial charge in [0.05, 0.1) is 0 Å². The van der Waals surface area contributed by atoms with Crippen LogP contribution in [0.3, 0.4) is 0 Å². The zero-order valence-electron chi connectivity index (χ0n) is 8.59. The van der Waals surface area contributed by atoms with Gasteiger partial charge in [-0.1, -0.05) is 33.4 Å². The van der Waals surface area contributed by atoms with Gasteiger partial charge in [-0.05, 0) is 24.8 Å². The SMILES string of the molecule is C=C(C)C=N/C(=C\C(C)C)CC. The van der Waals surface area contributed by atoms with Crippen LogP contribution in [0.5, 0.6) is 0 Å². The minimum absolute atomic E-state index is 0.572. The van der Waals surface area contributed by atoms with E-state index in [1.54, 1.807) is 0 Å². The van der Waals surface area contributed by atoms with Gasteiger partial charge in [0.15, 0.2) is 0 Å². The average molecular weight is 165 g/mol. The van der Waals surface area contributed by atoms with Gasteiger partial charge in [0.1, 0.15) is 0 Å². The molecule has 1 nitrogen and oxygen atoms in total. The number of hydrogen-bond donors (Lipinski definition) is 0. The van der Waals surface area contributed by atoms with Crippen LogP contribution < -0.4 is 0 Å². The summed E-state index contributed by atoms with van der Waals surface area (Å²) in [6.45, 7) is 12.1. The molecule has 0 amide bonds. The van der Waals surface area contributed by atoms with Gasteiger partial charge in [-0.3, -0.25) is 4.99 Å². The monoisotopic (exact) mass is 165 g/mol. The highest BCUT2D eigenvalue weighted by molar-refractivity contribution is 5.77. The highest BCUT2D eigenvalue weighted by Gasteiger charge is 1.91. The molecular weight excluding hydrogens is 146 g/mol. The summed E-state index contributed by atoms with van der Waals surface area (Å²) in [6, 6.07) is 0. The summed E-state index contributed by atoms with van der Waals surface area (Å²) in [7, 11) is 0. The number of rotatable bonds is 4. The van der Waals surface area contributed by atoms with Crippen LogP contribution in [0.2, 0.25) is 0 Å². The van der Waals surface area contributed by atoms with Crippen molar-refractivity contribution >= 4 is 6.21 Å². The van der Waals surface area contributed by atoms with E-state index >= 15 is 0 Å². The molecule has 0 rings (SSSR count). The van der Waals surface area contributed by atoms with E-state index in [2.05, 4.69) is 38.4 Å². The normalized spacial score (nSPS) is 12.9. The number of hydrogen-bond acceptors (Lipinski definition) is 1. The van der Waals surface area contributed by atoms with Crippen LogP contribution in [0.1, 0.15) is 34.1 Å². The fourth-order valence-electron chi connectivity index (χ4n) is 0.830. The third kappa shape index (κ3) is 5.90. The Morgan fingerprint density at radius 2 is 2.08 bits per heavy atom. The van der Waals surface area contributed by atoms with Crippen molar-refractivity contribution in [1.82, 2.24) is 0 Å². The summed E-state index contributed by atoms with van der Waals surface area (Å²) >= 11 is 0. The van der Waals surface area contributed by atoms with Crippen molar-refractivity contribution in [1.29, 1.82) is 0 Å². The zero-order valence-corrected chi connectivity index (χ0v) is 8.59. The second-order valence-electron chi connectivity index (χ2n) is 3.36. The van der Waals surface area contributed by atoms with Gasteiger partial charge in [0.25, 0.3) is 0 Å². The molecule has 0 aromatic rings. The Balaban J connectivity index is 4.27. The van der Waals surface area contributed by atoms with Crippen LogP contribution in [-0.2, 0) is 0 Å². The topological polar surface area (TPSA) is 12.4 Å². The van der Waals surface area contributed by atoms with Gasteiger partial charge < -0.3 is 0 Å². The molecule has 0 saturated carbocycles. The lowest BCUT2D eigenvalue weighted by Gasteiger charge is -1.99. The molecule has 0 aliphatic carbocycles. The molecule has 0 spiro atoms. The van der Waals surface area contributed by atoms with Gasteiger partial charge in [-0.15, -0.1) is 0 Å². The number of nitrogens with zero attached hydrogens (tertiary/aromatic N) is 1. The third-order valence-corrected chi connectivity index (χ3v) is 1.34. The highest BCUT2D eigenvalue weighted by atomic mass is 14.7. The van der Waals surface area contributed by atoms with Crippen LogP contribution in [-0.4, -0.2) is 6.21 Å². The molecule has 0 aromatic carbocycles. The maximum absolute atomic E-state index is 4.32. The Morgan fingerprint density at radius 3 is 2.42 bits per heavy atom. The molecule has 0 aromatic heterocycles. The lowest BCUT2D eigenvalue weighted by atomic mass is 10.1. The van der Waals surface area contributed by atoms with Crippen LogP contribution in [0, 0.1) is 5.92 Å². The van der Waals surface area contributed by atoms with E-state index in [-0.39, 0.29) is 0 Å². The minimum atomic E-state index is 0.572. The summed E-state index contributed by atoms with van der Waals surface area (Å²) < 4.78 is 0. The lowest BCUT2D eigenvalue weighted by molar-refractivity contribution is 0.810. The first-order chi connectivity index (χ1) is 5.56. The standard InChI is InChI=1S/C11H19N/c1-6-11(7-9(2)3)12-8-10(4)5/h7-9H,4,6H2,1-3,5H3/b11-7-,12-8?. The smallest absolute Gasteiger partial charge is 0.0363 e. The summed E-state index contributed by atoms with van der Waals surface area (Å²) in [6.07, 6.45) is 4.99. The van der Waals surface area contributed by atoms with Crippen molar-refractivity contribution in [3.05, 3.63) is 23.9 Å². The average Bonchev–Trinajstić information content (AvgIpc) is 1.97. The maximum Gasteiger partial charge on any atom is 0.0363 e. The molecular formula is C11H19N. The molecule has 0 N–H and O–H groups in total. The van der Waals surface area contributed by atoms with Crippen LogP contribution in [0.15, 0.2) is 28.9 Å². The molecule has 0 radical (unpaired) electrons. The first-order valence-electron chi connectivity index (χ1n) is 4.46. The molecule has 0 fully saturated rings. The highest BCUT2D eigenvalue weighted by Crippen LogP contribution is 2.07. The summed E-state index contributed by atoms with van der Waals surface area (Å²) in [4.78, 5) is 4.32. The minimum Gasteiger partial charge on any atom is -0.261 e. The molecule has 1 heteroatoms. The van der Waals surface area contributed by atoms with Gasteiger partial charge >= 0.3 is 0 Å². The maximum atomic E-state index is 4.32. The van der Waals surface area contributed by atoms with E-state index in [1.807, 2.05) is 13.1 Å². The molecule has 0 aliphatic rings. The number of allylic oxidation sites excluding steroid dienone is 3. The van der Waals surface area contributed by atoms with Gasteiger partial charge in [0.2, 0.25) is 0 Å². The molecule has 0 unspecified atom stereocenters. The summed E-state index contributed by atoms with van der Waals surface area (Å²) in [5, 5.41) is 0. The van der Waals surface area contributed by atoms with E-state index in [0.29, 0.717) is 5.92 Å². The Labute approximate surface area is 75.9 Å². The van der Waals surface area contributed by atoms with E-state index < -0.39 is 0 Å². The van der Waals surface area contributed by atoms with Crippen molar-refractivity contribution in [2.75, 3.05) is 0 Å². The molecule has 0 atom stereocenters. The lowest BCUT2D eigenvalue weighted by Crippen LogP contribution is -1.85. The number of aliphatic imine (C=N–C) groups is 1. The van der Waals surface area contributed by atoms with E-state index in [1.165, 1.54) is 0 Å². The molecule has 0 bridgehead atoms. The largest absolute Gasteiger partial charge is 0.261 e. The van der Waals surface area contributed by atoms with E-state index in [9.17, 15) is 0 Å². The first kappa shape index (κ1) is 11.2. The summed E-state index contributed by atoms with van der Waals surface area (Å²) in [5.74, 6) is 0.572. The molecule has 0 aliphatic heterocycles. The fourth-order valence-corrected chi connectivity index (χ4v) is 0.830. The second-order valence-corrected chi connectivity index (χ2v) is 3.36. The van der Waals surface area contributed by atoms with Crippen molar-refractivity contribution in [3.63, 3.8) is 0 Å². The molecule has 12 heavy (non-hydrogen) atoms. The van der Waals surface area contributed by atoms with E-state index in [0.717, 1.165) is 17.7 Å². The van der Waals surface area contributed by atoms with Gasteiger partial charge in [-0.25, -0.2) is 0 Å². The Morgan fingerprint density at radius 1 is 1.50 bits per heavy atom. The predicted molar refractivity (Wildman–Crippen MR) is 56.5 cm³/mol. The van der Waals surface area contributed by atoms with Gasteiger partial charge in [0, 0.05) is 11.9 Å². The van der Waals surface area contributed by atoms with Crippen LogP contribution in [0.25, 0.3) is 0 Å². The van der Waals surface area contributed by atoms with Crippen molar-refractivity contribution in [2.24, 2.45) is 10.9 Å². The van der Waals surface area contributed by atoms with Crippen LogP contribution >= 0.6 is 0 Å². The predicted octanol–water partition coefficient (Wildman–Crippen LogP) is 3.58. The molecule has 0 saturated heterocycles. The quantitative estimate of drug-likeness (QED) is 0.564. The van der Waals surface area contributed by atoms with Gasteiger partial charge in [-0.2, -0.15) is 0 Å². The van der Waals surface area contributed by atoms with E-state index in [4.69, 9.17) is 0 Å². The fraction of sp³-hybridized carbons (Fsp3) is 0.545. The Kier molecular flexibility index (Phi) is 5.35. The zero-order chi connectivity index (χ0) is 9.56. The van der Waals surface area contributed by atoms with Crippen molar-refractivity contribution < 1.29 is 0 Å². The second kappa shape index (κ2) is 5.76. The van der Waals surface area contributed by atoms with Crippen molar-refractivity contribution in [3.8, 4) is 0 Å². The Bertz CT molecular complexity index is 197. The summed E-state index contributed by atoms with van der Waals surface area (Å²) in [5.41, 5.74) is 2.14. The van der Waals surface area contributed by atoms with Crippen LogP contribution in [0.4, 0.5) is 0 Å². The first-order valence-corrected chi connectivity index (χ1v) is 4.46. The Hall–Kier alpha value is -0.850. The third-order valence-electron chi connectivity index (χ3n) is 1.34. The molecule has 68 valence electrons. The molecule has 0 heterocycles. The van der Waals surface area contributed by atoms with Crippen molar-refractivity contribution in [2.45, 2.75) is 34.1 Å².